The van der Waals surface area contributed by atoms with Crippen molar-refractivity contribution in [1.82, 2.24) is 4.72 Å². The molecule has 1 aromatic rings. The van der Waals surface area contributed by atoms with Crippen molar-refractivity contribution in [1.29, 1.82) is 0 Å². The van der Waals surface area contributed by atoms with Crippen LogP contribution in [0.2, 0.25) is 5.02 Å². The Hall–Kier alpha value is 0.290. The van der Waals surface area contributed by atoms with E-state index < -0.39 is 33.1 Å². The van der Waals surface area contributed by atoms with E-state index in [2.05, 4.69) is 8.91 Å². The first-order valence-corrected chi connectivity index (χ1v) is 9.62. The van der Waals surface area contributed by atoms with Crippen LogP contribution in [-0.2, 0) is 24.6 Å². The first kappa shape index (κ1) is 23.3. The minimum Gasteiger partial charge on any atom is -0.726 e. The van der Waals surface area contributed by atoms with Crippen LogP contribution in [-0.4, -0.2) is 34.0 Å². The second-order valence-corrected chi connectivity index (χ2v) is 7.96. The van der Waals surface area contributed by atoms with E-state index in [-0.39, 0.29) is 40.4 Å². The van der Waals surface area contributed by atoms with E-state index >= 15 is 0 Å². The van der Waals surface area contributed by atoms with E-state index in [4.69, 9.17) is 11.6 Å². The molecule has 7 nitrogen and oxygen atoms in total. The third kappa shape index (κ3) is 8.28. The van der Waals surface area contributed by atoms with Gasteiger partial charge >= 0.3 is 29.6 Å². The van der Waals surface area contributed by atoms with E-state index in [9.17, 15) is 21.4 Å². The molecule has 0 bridgehead atoms. The molecule has 0 aromatic heterocycles. The second kappa shape index (κ2) is 9.69. The Labute approximate surface area is 164 Å². The molecule has 0 aliphatic heterocycles. The molecule has 0 saturated carbocycles. The van der Waals surface area contributed by atoms with Crippen molar-refractivity contribution in [3.8, 4) is 0 Å². The Bertz CT molecular complexity index is 693. The predicted molar refractivity (Wildman–Crippen MR) is 80.7 cm³/mol. The molecule has 0 unspecified atom stereocenters. The average molecular weight is 394 g/mol. The number of benzene rings is 1. The second-order valence-electron chi connectivity index (χ2n) is 4.76. The molecule has 0 aliphatic rings. The Morgan fingerprint density at radius 3 is 2.17 bits per heavy atom. The number of nitrogens with one attached hydrogen (secondary N) is 1. The van der Waals surface area contributed by atoms with Crippen molar-refractivity contribution in [3.63, 3.8) is 0 Å². The van der Waals surface area contributed by atoms with Gasteiger partial charge in [0.2, 0.25) is 20.4 Å². The molecule has 0 saturated heterocycles. The summed E-state index contributed by atoms with van der Waals surface area (Å²) in [5, 5.41) is 0.387. The fourth-order valence-corrected chi connectivity index (χ4v) is 3.41. The van der Waals surface area contributed by atoms with E-state index in [0.717, 1.165) is 0 Å². The van der Waals surface area contributed by atoms with E-state index in [1.807, 2.05) is 0 Å². The number of hydrogen-bond donors (Lipinski definition) is 1. The smallest absolute Gasteiger partial charge is 0.726 e. The monoisotopic (exact) mass is 393 g/mol. The maximum atomic E-state index is 12.3. The summed E-state index contributed by atoms with van der Waals surface area (Å²) in [5.41, 5.74) is 0. The predicted octanol–water partition coefficient (Wildman–Crippen LogP) is -1.49. The van der Waals surface area contributed by atoms with Crippen LogP contribution in [0.25, 0.3) is 0 Å². The zero-order valence-electron chi connectivity index (χ0n) is 13.0. The van der Waals surface area contributed by atoms with E-state index in [1.54, 1.807) is 13.8 Å². The molecule has 23 heavy (non-hydrogen) atoms. The molecule has 11 heteroatoms. The maximum Gasteiger partial charge on any atom is 1.00 e. The summed E-state index contributed by atoms with van der Waals surface area (Å²) in [6, 6.07) is 4.64. The molecule has 0 radical (unpaired) electrons. The number of sulfonamides is 1. The Balaban J connectivity index is 0.00000484. The molecular weight excluding hydrogens is 377 g/mol. The minimum absolute atomic E-state index is 0. The quantitative estimate of drug-likeness (QED) is 0.327. The van der Waals surface area contributed by atoms with Crippen LogP contribution >= 0.6 is 11.6 Å². The van der Waals surface area contributed by atoms with Gasteiger partial charge in [-0.05, 0) is 30.2 Å². The van der Waals surface area contributed by atoms with Crippen molar-refractivity contribution >= 4 is 32.0 Å². The van der Waals surface area contributed by atoms with Crippen LogP contribution in [0.5, 0.6) is 0 Å². The molecule has 0 spiro atoms. The molecule has 1 rings (SSSR count). The van der Waals surface area contributed by atoms with Crippen molar-refractivity contribution in [2.45, 2.75) is 31.2 Å². The largest absolute Gasteiger partial charge is 1.00 e. The van der Waals surface area contributed by atoms with Crippen LogP contribution in [0, 0.1) is 5.92 Å². The zero-order chi connectivity index (χ0) is 17.0. The molecule has 1 aromatic carbocycles. The van der Waals surface area contributed by atoms with Gasteiger partial charge in [0.1, 0.15) is 0 Å². The Kier molecular flexibility index (Phi) is 9.81. The van der Waals surface area contributed by atoms with Gasteiger partial charge in [-0.1, -0.05) is 31.9 Å². The number of halogens is 1. The number of rotatable bonds is 8. The summed E-state index contributed by atoms with van der Waals surface area (Å²) in [6.07, 6.45) is 0.566. The summed E-state index contributed by atoms with van der Waals surface area (Å²) >= 11 is 5.70. The van der Waals surface area contributed by atoms with Gasteiger partial charge in [-0.15, -0.1) is 0 Å². The van der Waals surface area contributed by atoms with Gasteiger partial charge in [0, 0.05) is 11.1 Å². The topological polar surface area (TPSA) is 113 Å². The van der Waals surface area contributed by atoms with Crippen molar-refractivity contribution in [2.75, 3.05) is 6.61 Å². The summed E-state index contributed by atoms with van der Waals surface area (Å²) in [5.74, 6) is -0.233. The van der Waals surface area contributed by atoms with E-state index in [0.29, 0.717) is 11.4 Å². The SMILES string of the molecule is CC[C@H](C)[C@H](COS(=O)(=O)[O-])NS(=O)(=O)c1ccc(Cl)cc1.[Na+]. The van der Waals surface area contributed by atoms with Crippen LogP contribution < -0.4 is 34.3 Å². The van der Waals surface area contributed by atoms with Crippen molar-refractivity contribution in [3.05, 3.63) is 29.3 Å². The minimum atomic E-state index is -4.89. The van der Waals surface area contributed by atoms with Gasteiger partial charge in [0.25, 0.3) is 0 Å². The van der Waals surface area contributed by atoms with Gasteiger partial charge in [-0.3, -0.25) is 4.18 Å². The van der Waals surface area contributed by atoms with Gasteiger partial charge in [-0.25, -0.2) is 21.6 Å². The fraction of sp³-hybridized carbons (Fsp3) is 0.500. The molecule has 2 atom stereocenters. The van der Waals surface area contributed by atoms with Gasteiger partial charge in [0.05, 0.1) is 11.5 Å². The van der Waals surface area contributed by atoms with E-state index in [1.165, 1.54) is 24.3 Å². The Morgan fingerprint density at radius 2 is 1.74 bits per heavy atom. The molecular formula is C12H17ClNNaO6S2. The third-order valence-corrected chi connectivity index (χ3v) is 5.34. The van der Waals surface area contributed by atoms with Crippen LogP contribution in [0.15, 0.2) is 29.2 Å². The molecule has 0 aliphatic carbocycles. The third-order valence-electron chi connectivity index (χ3n) is 3.15. The van der Waals surface area contributed by atoms with Gasteiger partial charge in [0.15, 0.2) is 0 Å². The first-order chi connectivity index (χ1) is 10.0. The van der Waals surface area contributed by atoms with Crippen molar-refractivity contribution < 1.29 is 55.1 Å². The van der Waals surface area contributed by atoms with Gasteiger partial charge < -0.3 is 4.55 Å². The average Bonchev–Trinajstić information content (AvgIpc) is 2.42. The first-order valence-electron chi connectivity index (χ1n) is 6.43. The summed E-state index contributed by atoms with van der Waals surface area (Å²) in [6.45, 7) is 2.96. The molecule has 0 amide bonds. The zero-order valence-corrected chi connectivity index (χ0v) is 17.4. The molecule has 0 fully saturated rings. The Morgan fingerprint density at radius 1 is 1.22 bits per heavy atom. The molecule has 126 valence electrons. The van der Waals surface area contributed by atoms with Crippen LogP contribution in [0.1, 0.15) is 20.3 Å². The van der Waals surface area contributed by atoms with Crippen molar-refractivity contribution in [2.24, 2.45) is 5.92 Å². The van der Waals surface area contributed by atoms with Gasteiger partial charge in [-0.2, -0.15) is 0 Å². The standard InChI is InChI=1S/C12H18ClNO6S2.Na/c1-3-9(2)12(8-20-22(17,18)19)14-21(15,16)11-6-4-10(13)5-7-11;/h4-7,9,12,14H,3,8H2,1-2H3,(H,17,18,19);/q;+1/p-1/t9-,12-;/m0./s1. The number of hydrogen-bond acceptors (Lipinski definition) is 6. The summed E-state index contributed by atoms with van der Waals surface area (Å²) in [7, 11) is -8.77. The maximum absolute atomic E-state index is 12.3. The van der Waals surface area contributed by atoms with Crippen LogP contribution in [0.3, 0.4) is 0 Å². The molecule has 0 heterocycles. The molecule has 1 N–H and O–H groups in total. The fourth-order valence-electron chi connectivity index (χ4n) is 1.64. The normalized spacial score (nSPS) is 14.8. The van der Waals surface area contributed by atoms with Crippen LogP contribution in [0.4, 0.5) is 0 Å². The summed E-state index contributed by atoms with van der Waals surface area (Å²) in [4.78, 5) is -0.0183. The summed E-state index contributed by atoms with van der Waals surface area (Å²) < 4.78 is 62.7.